The van der Waals surface area contributed by atoms with E-state index in [1.165, 1.54) is 24.3 Å². The molecule has 2 aromatic rings. The maximum absolute atomic E-state index is 12.0. The molecule has 0 aliphatic rings. The summed E-state index contributed by atoms with van der Waals surface area (Å²) >= 11 is 0. The van der Waals surface area contributed by atoms with Gasteiger partial charge < -0.3 is 9.63 Å². The van der Waals surface area contributed by atoms with E-state index in [9.17, 15) is 13.2 Å². The van der Waals surface area contributed by atoms with E-state index in [4.69, 9.17) is 9.63 Å². The summed E-state index contributed by atoms with van der Waals surface area (Å²) in [6.45, 7) is 3.27. The molecule has 0 fully saturated rings. The molecule has 2 rings (SSSR count). The molecule has 112 valence electrons. The molecule has 0 amide bonds. The first kappa shape index (κ1) is 15.0. The quantitative estimate of drug-likeness (QED) is 0.873. The average Bonchev–Trinajstić information content (AvgIpc) is 2.72. The van der Waals surface area contributed by atoms with Crippen LogP contribution in [-0.2, 0) is 15.8 Å². The summed E-state index contributed by atoms with van der Waals surface area (Å²) in [6, 6.07) is 5.77. The SMILES string of the molecule is Cc1cc(CS(=O)(=O)Nc2ccc(C(=O)O)c(C)c2)no1. The number of aromatic carboxylic acids is 1. The lowest BCUT2D eigenvalue weighted by molar-refractivity contribution is 0.0696. The largest absolute Gasteiger partial charge is 0.478 e. The Morgan fingerprint density at radius 2 is 2.05 bits per heavy atom. The second-order valence-electron chi connectivity index (χ2n) is 4.62. The number of nitrogens with one attached hydrogen (secondary N) is 1. The number of carboxylic acid groups (broad SMARTS) is 1. The Morgan fingerprint density at radius 3 is 2.57 bits per heavy atom. The summed E-state index contributed by atoms with van der Waals surface area (Å²) < 4.78 is 31.2. The van der Waals surface area contributed by atoms with Crippen LogP contribution in [0.3, 0.4) is 0 Å². The molecule has 1 aromatic carbocycles. The number of nitrogens with zero attached hydrogens (tertiary/aromatic N) is 1. The van der Waals surface area contributed by atoms with E-state index < -0.39 is 16.0 Å². The van der Waals surface area contributed by atoms with Crippen LogP contribution < -0.4 is 4.72 Å². The Balaban J connectivity index is 2.17. The van der Waals surface area contributed by atoms with Crippen LogP contribution >= 0.6 is 0 Å². The zero-order chi connectivity index (χ0) is 15.6. The van der Waals surface area contributed by atoms with E-state index in [0.717, 1.165) is 0 Å². The van der Waals surface area contributed by atoms with Gasteiger partial charge in [-0.2, -0.15) is 0 Å². The molecule has 8 heteroatoms. The molecule has 0 spiro atoms. The van der Waals surface area contributed by atoms with Crippen molar-refractivity contribution in [2.24, 2.45) is 0 Å². The third-order valence-corrected chi connectivity index (χ3v) is 3.97. The number of benzene rings is 1. The molecular weight excluding hydrogens is 296 g/mol. The van der Waals surface area contributed by atoms with E-state index in [1.807, 2.05) is 0 Å². The molecule has 0 aliphatic heterocycles. The highest BCUT2D eigenvalue weighted by atomic mass is 32.2. The Labute approximate surface area is 121 Å². The van der Waals surface area contributed by atoms with Gasteiger partial charge in [0.05, 0.1) is 5.56 Å². The highest BCUT2D eigenvalue weighted by Gasteiger charge is 2.16. The smallest absolute Gasteiger partial charge is 0.335 e. The molecule has 1 heterocycles. The molecule has 0 atom stereocenters. The Kier molecular flexibility index (Phi) is 3.99. The van der Waals surface area contributed by atoms with Crippen molar-refractivity contribution < 1.29 is 22.8 Å². The number of hydrogen-bond donors (Lipinski definition) is 2. The Bertz CT molecular complexity index is 780. The molecular formula is C13H14N2O5S. The number of carboxylic acids is 1. The normalized spacial score (nSPS) is 11.3. The maximum Gasteiger partial charge on any atom is 0.335 e. The molecule has 0 bridgehead atoms. The minimum absolute atomic E-state index is 0.130. The van der Waals surface area contributed by atoms with Crippen molar-refractivity contribution in [1.29, 1.82) is 0 Å². The average molecular weight is 310 g/mol. The van der Waals surface area contributed by atoms with Crippen LogP contribution in [0.25, 0.3) is 0 Å². The molecule has 0 saturated carbocycles. The standard InChI is InChI=1S/C13H14N2O5S/c1-8-5-10(3-4-12(8)13(16)17)15-21(18,19)7-11-6-9(2)20-14-11/h3-6,15H,7H2,1-2H3,(H,16,17). The van der Waals surface area contributed by atoms with Gasteiger partial charge in [0.25, 0.3) is 0 Å². The second-order valence-corrected chi connectivity index (χ2v) is 6.35. The molecule has 2 N–H and O–H groups in total. The minimum atomic E-state index is -3.64. The summed E-state index contributed by atoms with van der Waals surface area (Å²) in [7, 11) is -3.64. The lowest BCUT2D eigenvalue weighted by Gasteiger charge is -2.08. The lowest BCUT2D eigenvalue weighted by Crippen LogP contribution is -2.15. The van der Waals surface area contributed by atoms with E-state index in [2.05, 4.69) is 9.88 Å². The van der Waals surface area contributed by atoms with Gasteiger partial charge in [0.2, 0.25) is 10.0 Å². The molecule has 0 saturated heterocycles. The summed E-state index contributed by atoms with van der Waals surface area (Å²) in [6.07, 6.45) is 0. The molecule has 21 heavy (non-hydrogen) atoms. The van der Waals surface area contributed by atoms with Gasteiger partial charge in [0.1, 0.15) is 17.2 Å². The van der Waals surface area contributed by atoms with Gasteiger partial charge in [-0.15, -0.1) is 0 Å². The van der Waals surface area contributed by atoms with Gasteiger partial charge in [-0.25, -0.2) is 13.2 Å². The van der Waals surface area contributed by atoms with Crippen molar-refractivity contribution in [1.82, 2.24) is 5.16 Å². The van der Waals surface area contributed by atoms with Gasteiger partial charge in [0, 0.05) is 11.8 Å². The minimum Gasteiger partial charge on any atom is -0.478 e. The number of hydrogen-bond acceptors (Lipinski definition) is 5. The first-order valence-corrected chi connectivity index (χ1v) is 7.69. The summed E-state index contributed by atoms with van der Waals surface area (Å²) in [5.41, 5.74) is 1.21. The van der Waals surface area contributed by atoms with Crippen molar-refractivity contribution >= 4 is 21.7 Å². The van der Waals surface area contributed by atoms with E-state index >= 15 is 0 Å². The van der Waals surface area contributed by atoms with Gasteiger partial charge in [-0.05, 0) is 37.6 Å². The zero-order valence-electron chi connectivity index (χ0n) is 11.5. The van der Waals surface area contributed by atoms with Crippen molar-refractivity contribution in [3.8, 4) is 0 Å². The van der Waals surface area contributed by atoms with Crippen molar-refractivity contribution in [3.63, 3.8) is 0 Å². The third kappa shape index (κ3) is 3.82. The fourth-order valence-electron chi connectivity index (χ4n) is 1.86. The Hall–Kier alpha value is -2.35. The van der Waals surface area contributed by atoms with Crippen LogP contribution in [0.1, 0.15) is 27.4 Å². The number of carbonyl (C=O) groups is 1. The maximum atomic E-state index is 12.0. The topological polar surface area (TPSA) is 110 Å². The van der Waals surface area contributed by atoms with Crippen LogP contribution in [0, 0.1) is 13.8 Å². The van der Waals surface area contributed by atoms with E-state index in [-0.39, 0.29) is 11.3 Å². The Morgan fingerprint density at radius 1 is 1.33 bits per heavy atom. The number of aromatic nitrogens is 1. The molecule has 7 nitrogen and oxygen atoms in total. The van der Waals surface area contributed by atoms with Crippen LogP contribution in [-0.4, -0.2) is 24.7 Å². The van der Waals surface area contributed by atoms with Crippen LogP contribution in [0.5, 0.6) is 0 Å². The van der Waals surface area contributed by atoms with Gasteiger partial charge in [-0.3, -0.25) is 4.72 Å². The fraction of sp³-hybridized carbons (Fsp3) is 0.231. The van der Waals surface area contributed by atoms with Gasteiger partial charge in [-0.1, -0.05) is 5.16 Å². The fourth-order valence-corrected chi connectivity index (χ4v) is 2.95. The van der Waals surface area contributed by atoms with Gasteiger partial charge >= 0.3 is 5.97 Å². The van der Waals surface area contributed by atoms with Crippen LogP contribution in [0.4, 0.5) is 5.69 Å². The van der Waals surface area contributed by atoms with Gasteiger partial charge in [0.15, 0.2) is 0 Å². The monoisotopic (exact) mass is 310 g/mol. The van der Waals surface area contributed by atoms with Crippen LogP contribution in [0.15, 0.2) is 28.8 Å². The highest BCUT2D eigenvalue weighted by molar-refractivity contribution is 7.91. The zero-order valence-corrected chi connectivity index (χ0v) is 12.3. The number of rotatable bonds is 5. The third-order valence-electron chi connectivity index (χ3n) is 2.74. The molecule has 1 aromatic heterocycles. The second kappa shape index (κ2) is 5.57. The summed E-state index contributed by atoms with van der Waals surface area (Å²) in [4.78, 5) is 10.9. The number of aryl methyl sites for hydroxylation is 2. The van der Waals surface area contributed by atoms with Crippen molar-refractivity contribution in [2.75, 3.05) is 4.72 Å². The molecule has 0 unspecified atom stereocenters. The summed E-state index contributed by atoms with van der Waals surface area (Å²) in [5.74, 6) is -0.841. The predicted octanol–water partition coefficient (Wildman–Crippen LogP) is 1.93. The van der Waals surface area contributed by atoms with E-state index in [1.54, 1.807) is 13.8 Å². The van der Waals surface area contributed by atoms with Crippen molar-refractivity contribution in [3.05, 3.63) is 46.8 Å². The molecule has 0 aliphatic carbocycles. The first-order chi connectivity index (χ1) is 9.77. The highest BCUT2D eigenvalue weighted by Crippen LogP contribution is 2.17. The van der Waals surface area contributed by atoms with E-state index in [0.29, 0.717) is 22.7 Å². The first-order valence-electron chi connectivity index (χ1n) is 6.03. The lowest BCUT2D eigenvalue weighted by atomic mass is 10.1. The summed E-state index contributed by atoms with van der Waals surface area (Å²) in [5, 5.41) is 12.6. The van der Waals surface area contributed by atoms with Crippen LogP contribution in [0.2, 0.25) is 0 Å². The number of anilines is 1. The molecule has 0 radical (unpaired) electrons. The predicted molar refractivity (Wildman–Crippen MR) is 75.6 cm³/mol. The van der Waals surface area contributed by atoms with Crippen molar-refractivity contribution in [2.45, 2.75) is 19.6 Å². The number of sulfonamides is 1.